The summed E-state index contributed by atoms with van der Waals surface area (Å²) in [6.07, 6.45) is 0.892. The van der Waals surface area contributed by atoms with Gasteiger partial charge in [0.2, 0.25) is 0 Å². The summed E-state index contributed by atoms with van der Waals surface area (Å²) in [5.74, 6) is 0.0107. The summed E-state index contributed by atoms with van der Waals surface area (Å²) in [5.41, 5.74) is 4.24. The Bertz CT molecular complexity index is 731. The largest absolute Gasteiger partial charge is 0.326 e. The Morgan fingerprint density at radius 2 is 1.92 bits per heavy atom. The van der Waals surface area contributed by atoms with Gasteiger partial charge in [-0.15, -0.1) is 0 Å². The molecule has 2 aromatic carbocycles. The van der Waals surface area contributed by atoms with Gasteiger partial charge in [-0.1, -0.05) is 54.4 Å². The van der Waals surface area contributed by atoms with E-state index in [-0.39, 0.29) is 5.91 Å². The molecule has 5 heteroatoms. The molecule has 0 bridgehead atoms. The van der Waals surface area contributed by atoms with Crippen LogP contribution >= 0.6 is 23.2 Å². The maximum Gasteiger partial charge on any atom is 0.279 e. The molecule has 0 spiro atoms. The van der Waals surface area contributed by atoms with E-state index >= 15 is 0 Å². The Hall–Kier alpha value is -1.55. The van der Waals surface area contributed by atoms with Crippen molar-refractivity contribution in [3.05, 3.63) is 63.1 Å². The predicted molar refractivity (Wildman–Crippen MR) is 101 cm³/mol. The summed E-state index contributed by atoms with van der Waals surface area (Å²) in [7, 11) is 1.99. The minimum atomic E-state index is 0.0107. The Morgan fingerprint density at radius 1 is 1.17 bits per heavy atom. The molecule has 0 heterocycles. The SMILES string of the molecule is CCc1cccc(C)c1NC(=O)C[NH+](C)Cc1ccc(Cl)c(Cl)c1. The molecular formula is C19H23Cl2N2O+. The Balaban J connectivity index is 1.98. The highest BCUT2D eigenvalue weighted by molar-refractivity contribution is 6.42. The van der Waals surface area contributed by atoms with Crippen LogP contribution in [0.3, 0.4) is 0 Å². The van der Waals surface area contributed by atoms with Crippen molar-refractivity contribution in [1.29, 1.82) is 0 Å². The third kappa shape index (κ3) is 4.97. The summed E-state index contributed by atoms with van der Waals surface area (Å²) in [4.78, 5) is 13.5. The normalized spacial score (nSPS) is 12.0. The molecule has 1 unspecified atom stereocenters. The van der Waals surface area contributed by atoms with Crippen LogP contribution in [-0.4, -0.2) is 19.5 Å². The number of hydrogen-bond acceptors (Lipinski definition) is 1. The van der Waals surface area contributed by atoms with E-state index in [2.05, 4.69) is 18.3 Å². The monoisotopic (exact) mass is 365 g/mol. The fourth-order valence-electron chi connectivity index (χ4n) is 2.72. The van der Waals surface area contributed by atoms with Crippen LogP contribution in [0.4, 0.5) is 5.69 Å². The van der Waals surface area contributed by atoms with Gasteiger partial charge in [0.15, 0.2) is 6.54 Å². The highest BCUT2D eigenvalue weighted by atomic mass is 35.5. The average Bonchev–Trinajstić information content (AvgIpc) is 2.52. The summed E-state index contributed by atoms with van der Waals surface area (Å²) < 4.78 is 0. The van der Waals surface area contributed by atoms with Crippen molar-refractivity contribution < 1.29 is 9.69 Å². The quantitative estimate of drug-likeness (QED) is 0.806. The molecule has 0 saturated carbocycles. The van der Waals surface area contributed by atoms with E-state index in [9.17, 15) is 4.79 Å². The Labute approximate surface area is 153 Å². The van der Waals surface area contributed by atoms with Crippen molar-refractivity contribution in [3.63, 3.8) is 0 Å². The first-order valence-corrected chi connectivity index (χ1v) is 8.79. The summed E-state index contributed by atoms with van der Waals surface area (Å²) >= 11 is 12.0. The van der Waals surface area contributed by atoms with Gasteiger partial charge in [-0.05, 0) is 36.6 Å². The lowest BCUT2D eigenvalue weighted by atomic mass is 10.1. The highest BCUT2D eigenvalue weighted by Crippen LogP contribution is 2.22. The summed E-state index contributed by atoms with van der Waals surface area (Å²) in [6.45, 7) is 5.20. The number of para-hydroxylation sites is 1. The van der Waals surface area contributed by atoms with E-state index in [1.807, 2.05) is 38.2 Å². The third-order valence-electron chi connectivity index (χ3n) is 3.96. The van der Waals surface area contributed by atoms with Crippen LogP contribution in [0.15, 0.2) is 36.4 Å². The molecule has 2 N–H and O–H groups in total. The van der Waals surface area contributed by atoms with Crippen molar-refractivity contribution >= 4 is 34.8 Å². The highest BCUT2D eigenvalue weighted by Gasteiger charge is 2.14. The number of carbonyl (C=O) groups is 1. The van der Waals surface area contributed by atoms with Crippen LogP contribution in [-0.2, 0) is 17.8 Å². The molecule has 1 amide bonds. The van der Waals surface area contributed by atoms with E-state index in [1.165, 1.54) is 0 Å². The number of carbonyl (C=O) groups excluding carboxylic acids is 1. The maximum atomic E-state index is 12.4. The number of amides is 1. The van der Waals surface area contributed by atoms with Gasteiger partial charge in [-0.3, -0.25) is 4.79 Å². The van der Waals surface area contributed by atoms with Gasteiger partial charge in [0, 0.05) is 11.3 Å². The van der Waals surface area contributed by atoms with Gasteiger partial charge in [0.25, 0.3) is 5.91 Å². The minimum Gasteiger partial charge on any atom is -0.326 e. The number of anilines is 1. The van der Waals surface area contributed by atoms with E-state index in [4.69, 9.17) is 23.2 Å². The average molecular weight is 366 g/mol. The lowest BCUT2D eigenvalue weighted by Gasteiger charge is -2.16. The molecular weight excluding hydrogens is 343 g/mol. The number of likely N-dealkylation sites (N-methyl/N-ethyl adjacent to an activating group) is 1. The first-order chi connectivity index (χ1) is 11.4. The van der Waals surface area contributed by atoms with Crippen molar-refractivity contribution in [2.24, 2.45) is 0 Å². The molecule has 0 saturated heterocycles. The molecule has 0 aliphatic rings. The Kier molecular flexibility index (Phi) is 6.67. The zero-order valence-corrected chi connectivity index (χ0v) is 15.8. The van der Waals surface area contributed by atoms with Crippen LogP contribution < -0.4 is 10.2 Å². The zero-order valence-electron chi connectivity index (χ0n) is 14.2. The van der Waals surface area contributed by atoms with Crippen molar-refractivity contribution in [2.75, 3.05) is 18.9 Å². The number of benzene rings is 2. The van der Waals surface area contributed by atoms with E-state index in [0.717, 1.165) is 33.7 Å². The fourth-order valence-corrected chi connectivity index (χ4v) is 3.04. The fraction of sp³-hybridized carbons (Fsp3) is 0.316. The molecule has 0 aliphatic carbocycles. The second kappa shape index (κ2) is 8.52. The molecule has 3 nitrogen and oxygen atoms in total. The molecule has 0 fully saturated rings. The van der Waals surface area contributed by atoms with Crippen LogP contribution in [0, 0.1) is 6.92 Å². The second-order valence-electron chi connectivity index (χ2n) is 6.07. The maximum absolute atomic E-state index is 12.4. The number of halogens is 2. The lowest BCUT2D eigenvalue weighted by molar-refractivity contribution is -0.885. The molecule has 0 aliphatic heterocycles. The van der Waals surface area contributed by atoms with Crippen LogP contribution in [0.1, 0.15) is 23.6 Å². The topological polar surface area (TPSA) is 33.5 Å². The number of hydrogen-bond donors (Lipinski definition) is 2. The van der Waals surface area contributed by atoms with Gasteiger partial charge in [-0.25, -0.2) is 0 Å². The number of aryl methyl sites for hydroxylation is 2. The van der Waals surface area contributed by atoms with Crippen LogP contribution in [0.5, 0.6) is 0 Å². The van der Waals surface area contributed by atoms with Crippen LogP contribution in [0.2, 0.25) is 10.0 Å². The lowest BCUT2D eigenvalue weighted by Crippen LogP contribution is -3.08. The summed E-state index contributed by atoms with van der Waals surface area (Å²) in [6, 6.07) is 11.7. The van der Waals surface area contributed by atoms with Crippen molar-refractivity contribution in [3.8, 4) is 0 Å². The van der Waals surface area contributed by atoms with E-state index in [0.29, 0.717) is 23.1 Å². The van der Waals surface area contributed by atoms with Gasteiger partial charge in [-0.2, -0.15) is 0 Å². The molecule has 1 atom stereocenters. The molecule has 24 heavy (non-hydrogen) atoms. The smallest absolute Gasteiger partial charge is 0.279 e. The van der Waals surface area contributed by atoms with Crippen LogP contribution in [0.25, 0.3) is 0 Å². The summed E-state index contributed by atoms with van der Waals surface area (Å²) in [5, 5.41) is 4.14. The van der Waals surface area contributed by atoms with E-state index in [1.54, 1.807) is 6.07 Å². The zero-order chi connectivity index (χ0) is 17.7. The van der Waals surface area contributed by atoms with Gasteiger partial charge >= 0.3 is 0 Å². The Morgan fingerprint density at radius 3 is 2.58 bits per heavy atom. The second-order valence-corrected chi connectivity index (χ2v) is 6.88. The molecule has 0 aromatic heterocycles. The molecule has 2 aromatic rings. The number of rotatable bonds is 6. The van der Waals surface area contributed by atoms with Crippen molar-refractivity contribution in [2.45, 2.75) is 26.8 Å². The molecule has 0 radical (unpaired) electrons. The standard InChI is InChI=1S/C19H22Cl2N2O/c1-4-15-7-5-6-13(2)19(15)22-18(24)12-23(3)11-14-8-9-16(20)17(21)10-14/h5-10H,4,11-12H2,1-3H3,(H,22,24)/p+1. The first-order valence-electron chi connectivity index (χ1n) is 8.04. The van der Waals surface area contributed by atoms with Gasteiger partial charge in [0.1, 0.15) is 6.54 Å². The van der Waals surface area contributed by atoms with Gasteiger partial charge in [0.05, 0.1) is 17.1 Å². The van der Waals surface area contributed by atoms with Gasteiger partial charge < -0.3 is 10.2 Å². The first kappa shape index (κ1) is 18.8. The van der Waals surface area contributed by atoms with Crippen molar-refractivity contribution in [1.82, 2.24) is 0 Å². The third-order valence-corrected chi connectivity index (χ3v) is 4.70. The molecule has 128 valence electrons. The number of quaternary nitrogens is 1. The predicted octanol–water partition coefficient (Wildman–Crippen LogP) is 3.52. The molecule has 2 rings (SSSR count). The minimum absolute atomic E-state index is 0.0107. The van der Waals surface area contributed by atoms with E-state index < -0.39 is 0 Å². The number of nitrogens with one attached hydrogen (secondary N) is 2.